The molecule has 0 fully saturated rings. The summed E-state index contributed by atoms with van der Waals surface area (Å²) in [5.41, 5.74) is 0.649. The van der Waals surface area contributed by atoms with Gasteiger partial charge in [0.15, 0.2) is 0 Å². The molecule has 0 aliphatic heterocycles. The molecule has 1 amide bonds. The maximum atomic E-state index is 11.8. The molecule has 0 saturated heterocycles. The van der Waals surface area contributed by atoms with Crippen LogP contribution in [0.25, 0.3) is 0 Å². The Kier molecular flexibility index (Phi) is 4.25. The molecule has 2 nitrogen and oxygen atoms in total. The maximum Gasteiger partial charge on any atom is 0.251 e. The van der Waals surface area contributed by atoms with E-state index in [1.807, 2.05) is 11.4 Å². The van der Waals surface area contributed by atoms with Crippen molar-refractivity contribution in [2.24, 2.45) is 0 Å². The second-order valence-electron chi connectivity index (χ2n) is 3.42. The Morgan fingerprint density at radius 1 is 1.29 bits per heavy atom. The predicted molar refractivity (Wildman–Crippen MR) is 76.9 cm³/mol. The summed E-state index contributed by atoms with van der Waals surface area (Å²) in [5, 5.41) is 4.87. The first kappa shape index (κ1) is 12.7. The number of thiophene rings is 1. The molecule has 2 aromatic rings. The van der Waals surface area contributed by atoms with Gasteiger partial charge >= 0.3 is 0 Å². The summed E-state index contributed by atoms with van der Waals surface area (Å²) in [6, 6.07) is 9.11. The number of carbonyl (C=O) groups excluding carboxylic acids is 1. The van der Waals surface area contributed by atoms with Crippen molar-refractivity contribution in [3.63, 3.8) is 0 Å². The molecule has 0 aliphatic rings. The van der Waals surface area contributed by atoms with E-state index in [1.165, 1.54) is 0 Å². The largest absolute Gasteiger partial charge is 0.347 e. The average Bonchev–Trinajstić information content (AvgIpc) is 2.73. The third-order valence-electron chi connectivity index (χ3n) is 2.23. The third-order valence-corrected chi connectivity index (χ3v) is 4.45. The van der Waals surface area contributed by atoms with Crippen molar-refractivity contribution in [1.82, 2.24) is 5.32 Å². The molecule has 1 N–H and O–H groups in total. The summed E-state index contributed by atoms with van der Waals surface area (Å²) in [4.78, 5) is 13.8. The number of amides is 1. The van der Waals surface area contributed by atoms with Crippen LogP contribution >= 0.6 is 39.9 Å². The van der Waals surface area contributed by atoms with Gasteiger partial charge in [0.1, 0.15) is 0 Å². The third kappa shape index (κ3) is 3.34. The van der Waals surface area contributed by atoms with Gasteiger partial charge < -0.3 is 5.32 Å². The van der Waals surface area contributed by atoms with Gasteiger partial charge in [-0.05, 0) is 51.6 Å². The van der Waals surface area contributed by atoms with E-state index in [4.69, 9.17) is 0 Å². The fourth-order valence-corrected chi connectivity index (χ4v) is 2.91. The Balaban J connectivity index is 1.98. The second-order valence-corrected chi connectivity index (χ2v) is 5.79. The van der Waals surface area contributed by atoms with Gasteiger partial charge in [-0.3, -0.25) is 4.79 Å². The van der Waals surface area contributed by atoms with E-state index in [0.717, 1.165) is 14.2 Å². The van der Waals surface area contributed by atoms with Crippen molar-refractivity contribution in [2.45, 2.75) is 11.4 Å². The van der Waals surface area contributed by atoms with Crippen LogP contribution in [-0.4, -0.2) is 5.91 Å². The highest BCUT2D eigenvalue weighted by molar-refractivity contribution is 9.10. The zero-order valence-electron chi connectivity index (χ0n) is 8.81. The second kappa shape index (κ2) is 5.71. The van der Waals surface area contributed by atoms with Gasteiger partial charge in [0.05, 0.1) is 6.54 Å². The number of carbonyl (C=O) groups is 1. The molecule has 17 heavy (non-hydrogen) atoms. The average molecular weight is 328 g/mol. The molecule has 0 saturated carbocycles. The number of nitrogens with one attached hydrogen (secondary N) is 1. The van der Waals surface area contributed by atoms with E-state index in [0.29, 0.717) is 12.1 Å². The Morgan fingerprint density at radius 3 is 2.59 bits per heavy atom. The number of benzene rings is 1. The van der Waals surface area contributed by atoms with E-state index >= 15 is 0 Å². The van der Waals surface area contributed by atoms with Crippen molar-refractivity contribution in [2.75, 3.05) is 0 Å². The van der Waals surface area contributed by atoms with Crippen LogP contribution in [0.15, 0.2) is 45.1 Å². The zero-order valence-corrected chi connectivity index (χ0v) is 12.1. The first-order chi connectivity index (χ1) is 8.16. The van der Waals surface area contributed by atoms with Crippen LogP contribution < -0.4 is 5.32 Å². The molecule has 0 radical (unpaired) electrons. The lowest BCUT2D eigenvalue weighted by molar-refractivity contribution is 0.0951. The minimum Gasteiger partial charge on any atom is -0.347 e. The number of rotatable bonds is 3. The minimum absolute atomic E-state index is 0.0707. The van der Waals surface area contributed by atoms with Crippen LogP contribution in [0.1, 0.15) is 15.2 Å². The number of halogens is 1. The number of hydrogen-bond donors (Lipinski definition) is 2. The number of hydrogen-bond acceptors (Lipinski definition) is 3. The maximum absolute atomic E-state index is 11.8. The van der Waals surface area contributed by atoms with Crippen molar-refractivity contribution in [3.05, 3.63) is 50.6 Å². The van der Waals surface area contributed by atoms with Crippen LogP contribution in [0.4, 0.5) is 0 Å². The lowest BCUT2D eigenvalue weighted by Crippen LogP contribution is -2.22. The van der Waals surface area contributed by atoms with Crippen molar-refractivity contribution < 1.29 is 4.79 Å². The Labute approximate surface area is 118 Å². The minimum atomic E-state index is -0.0707. The van der Waals surface area contributed by atoms with E-state index in [-0.39, 0.29) is 5.91 Å². The lowest BCUT2D eigenvalue weighted by Gasteiger charge is -2.04. The zero-order chi connectivity index (χ0) is 12.3. The van der Waals surface area contributed by atoms with E-state index < -0.39 is 0 Å². The molecule has 2 rings (SSSR count). The number of thiol groups is 1. The molecule has 1 aromatic heterocycles. The predicted octanol–water partition coefficient (Wildman–Crippen LogP) is 3.73. The Hall–Kier alpha value is -0.780. The molecule has 5 heteroatoms. The SMILES string of the molecule is O=C(NCc1sccc1Br)c1ccc(S)cc1. The molecule has 1 heterocycles. The van der Waals surface area contributed by atoms with Crippen molar-refractivity contribution in [1.29, 1.82) is 0 Å². The molecular weight excluding hydrogens is 318 g/mol. The quantitative estimate of drug-likeness (QED) is 0.826. The van der Waals surface area contributed by atoms with Crippen molar-refractivity contribution >= 4 is 45.8 Å². The van der Waals surface area contributed by atoms with Crippen LogP contribution in [0.3, 0.4) is 0 Å². The summed E-state index contributed by atoms with van der Waals surface area (Å²) in [5.74, 6) is -0.0707. The molecule has 1 aromatic carbocycles. The van der Waals surface area contributed by atoms with Crippen LogP contribution in [0.5, 0.6) is 0 Å². The summed E-state index contributed by atoms with van der Waals surface area (Å²) in [6.45, 7) is 0.541. The van der Waals surface area contributed by atoms with Crippen LogP contribution in [0.2, 0.25) is 0 Å². The van der Waals surface area contributed by atoms with Crippen LogP contribution in [-0.2, 0) is 6.54 Å². The molecule has 0 unspecified atom stereocenters. The van der Waals surface area contributed by atoms with E-state index in [1.54, 1.807) is 35.6 Å². The van der Waals surface area contributed by atoms with Gasteiger partial charge in [-0.2, -0.15) is 0 Å². The topological polar surface area (TPSA) is 29.1 Å². The van der Waals surface area contributed by atoms with Gasteiger partial charge in [-0.15, -0.1) is 24.0 Å². The first-order valence-electron chi connectivity index (χ1n) is 4.96. The van der Waals surface area contributed by atoms with Crippen LogP contribution in [0, 0.1) is 0 Å². The summed E-state index contributed by atoms with van der Waals surface area (Å²) in [7, 11) is 0. The molecule has 0 aliphatic carbocycles. The Bertz CT molecular complexity index is 522. The van der Waals surface area contributed by atoms with Gasteiger partial charge in [-0.25, -0.2) is 0 Å². The first-order valence-corrected chi connectivity index (χ1v) is 7.08. The Morgan fingerprint density at radius 2 is 2.00 bits per heavy atom. The summed E-state index contributed by atoms with van der Waals surface area (Å²) >= 11 is 9.22. The normalized spacial score (nSPS) is 10.2. The molecule has 0 bridgehead atoms. The molecule has 0 atom stereocenters. The highest BCUT2D eigenvalue weighted by atomic mass is 79.9. The standard InChI is InChI=1S/C12H10BrNOS2/c13-10-5-6-17-11(10)7-14-12(15)8-1-3-9(16)4-2-8/h1-6,16H,7H2,(H,14,15). The lowest BCUT2D eigenvalue weighted by atomic mass is 10.2. The van der Waals surface area contributed by atoms with Gasteiger partial charge in [0, 0.05) is 19.8 Å². The summed E-state index contributed by atoms with van der Waals surface area (Å²) < 4.78 is 1.04. The van der Waals surface area contributed by atoms with E-state index in [2.05, 4.69) is 33.9 Å². The fourth-order valence-electron chi connectivity index (χ4n) is 1.33. The fraction of sp³-hybridized carbons (Fsp3) is 0.0833. The highest BCUT2D eigenvalue weighted by Crippen LogP contribution is 2.22. The highest BCUT2D eigenvalue weighted by Gasteiger charge is 2.06. The molecule has 0 spiro atoms. The van der Waals surface area contributed by atoms with Gasteiger partial charge in [-0.1, -0.05) is 0 Å². The van der Waals surface area contributed by atoms with Crippen molar-refractivity contribution in [3.8, 4) is 0 Å². The smallest absolute Gasteiger partial charge is 0.251 e. The van der Waals surface area contributed by atoms with Gasteiger partial charge in [0.2, 0.25) is 0 Å². The molecular formula is C12H10BrNOS2. The molecule has 88 valence electrons. The van der Waals surface area contributed by atoms with E-state index in [9.17, 15) is 4.79 Å². The monoisotopic (exact) mass is 327 g/mol. The van der Waals surface area contributed by atoms with Gasteiger partial charge in [0.25, 0.3) is 5.91 Å². The summed E-state index contributed by atoms with van der Waals surface area (Å²) in [6.07, 6.45) is 0.